The van der Waals surface area contributed by atoms with Gasteiger partial charge in [0, 0.05) is 0 Å². The van der Waals surface area contributed by atoms with Gasteiger partial charge in [-0.25, -0.2) is 0 Å². The molecular weight excluding hydrogens is 144 g/mol. The summed E-state index contributed by atoms with van der Waals surface area (Å²) in [7, 11) is 0. The van der Waals surface area contributed by atoms with E-state index < -0.39 is 0 Å². The summed E-state index contributed by atoms with van der Waals surface area (Å²) in [5, 5.41) is 0. The number of halogens is 1. The van der Waals surface area contributed by atoms with E-state index in [2.05, 4.69) is 15.9 Å². The van der Waals surface area contributed by atoms with E-state index in [0.717, 1.165) is 0 Å². The molecule has 0 aliphatic heterocycles. The van der Waals surface area contributed by atoms with Gasteiger partial charge in [0.2, 0.25) is 0 Å². The first-order valence-electron chi connectivity index (χ1n) is 1.51. The van der Waals surface area contributed by atoms with Crippen LogP contribution in [0.2, 0.25) is 0 Å². The third-order valence-electron chi connectivity index (χ3n) is 0.218. The molecule has 0 radical (unpaired) electrons. The minimum absolute atomic E-state index is 0. The molecule has 0 saturated carbocycles. The Morgan fingerprint density at radius 1 is 1.50 bits per heavy atom. The van der Waals surface area contributed by atoms with Crippen LogP contribution in [0.1, 0.15) is 13.8 Å². The predicted molar refractivity (Wildman–Crippen MR) is 32.0 cm³/mol. The van der Waals surface area contributed by atoms with Crippen LogP contribution in [0.15, 0.2) is 10.6 Å². The van der Waals surface area contributed by atoms with Crippen LogP contribution in [0.25, 0.3) is 0 Å². The van der Waals surface area contributed by atoms with E-state index in [-0.39, 0.29) is 5.48 Å². The lowest BCUT2D eigenvalue weighted by molar-refractivity contribution is 0.824. The van der Waals surface area contributed by atoms with Crippen LogP contribution >= 0.6 is 15.9 Å². The summed E-state index contributed by atoms with van der Waals surface area (Å²) < 4.78 is 0. The highest BCUT2D eigenvalue weighted by Crippen LogP contribution is 1.91. The van der Waals surface area contributed by atoms with Crippen LogP contribution in [0.5, 0.6) is 0 Å². The van der Waals surface area contributed by atoms with Gasteiger partial charge in [-0.1, -0.05) is 21.5 Å². The molecule has 1 nitrogen and oxygen atoms in total. The molecule has 0 aliphatic rings. The summed E-state index contributed by atoms with van der Waals surface area (Å²) in [6.07, 6.45) is 0. The molecule has 0 saturated heterocycles. The maximum atomic E-state index is 3.15. The Morgan fingerprint density at radius 3 is 1.67 bits per heavy atom. The van der Waals surface area contributed by atoms with E-state index in [1.54, 1.807) is 0 Å². The second-order valence-corrected chi connectivity index (χ2v) is 1.64. The summed E-state index contributed by atoms with van der Waals surface area (Å²) in [6.45, 7) is 4.07. The van der Waals surface area contributed by atoms with E-state index in [1.165, 1.54) is 5.57 Å². The van der Waals surface area contributed by atoms with Crippen LogP contribution < -0.4 is 0 Å². The minimum Gasteiger partial charge on any atom is -0.412 e. The number of hydrogen-bond acceptors (Lipinski definition) is 0. The summed E-state index contributed by atoms with van der Waals surface area (Å²) in [6, 6.07) is 0. The molecule has 2 N–H and O–H groups in total. The molecule has 6 heavy (non-hydrogen) atoms. The zero-order valence-corrected chi connectivity index (χ0v) is 5.54. The average Bonchev–Trinajstić information content (AvgIpc) is 1.38. The lowest BCUT2D eigenvalue weighted by Gasteiger charge is -1.72. The van der Waals surface area contributed by atoms with Gasteiger partial charge in [0.05, 0.1) is 0 Å². The van der Waals surface area contributed by atoms with Crippen LogP contribution in [-0.4, -0.2) is 5.48 Å². The second kappa shape index (κ2) is 5.18. The first-order chi connectivity index (χ1) is 2.27. The molecule has 0 atom stereocenters. The number of rotatable bonds is 0. The van der Waals surface area contributed by atoms with Gasteiger partial charge in [-0.2, -0.15) is 0 Å². The van der Waals surface area contributed by atoms with E-state index in [9.17, 15) is 0 Å². The number of hydrogen-bond donors (Lipinski definition) is 0. The zero-order valence-electron chi connectivity index (χ0n) is 3.96. The van der Waals surface area contributed by atoms with Gasteiger partial charge in [-0.15, -0.1) is 0 Å². The SMILES string of the molecule is CC(C)=CBr.O. The fourth-order valence-electron chi connectivity index (χ4n) is 0. The van der Waals surface area contributed by atoms with E-state index in [4.69, 9.17) is 0 Å². The van der Waals surface area contributed by atoms with Gasteiger partial charge < -0.3 is 5.48 Å². The van der Waals surface area contributed by atoms with Gasteiger partial charge in [0.1, 0.15) is 0 Å². The van der Waals surface area contributed by atoms with E-state index in [1.807, 2.05) is 18.8 Å². The molecule has 0 heterocycles. The molecule has 38 valence electrons. The minimum atomic E-state index is 0. The Balaban J connectivity index is 0. The average molecular weight is 153 g/mol. The zero-order chi connectivity index (χ0) is 4.28. The summed E-state index contributed by atoms with van der Waals surface area (Å²) in [5.41, 5.74) is 1.30. The molecule has 2 heteroatoms. The molecule has 0 amide bonds. The molecule has 0 aromatic heterocycles. The van der Waals surface area contributed by atoms with Crippen LogP contribution in [-0.2, 0) is 0 Å². The molecule has 0 fully saturated rings. The lowest BCUT2D eigenvalue weighted by atomic mass is 10.4. The van der Waals surface area contributed by atoms with Gasteiger partial charge in [-0.3, -0.25) is 0 Å². The Bertz CT molecular complexity index is 45.5. The standard InChI is InChI=1S/C4H7Br.H2O/c1-4(2)3-5;/h3H,1-2H3;1H2. The maximum Gasteiger partial charge on any atom is -0.0202 e. The molecule has 0 aromatic rings. The summed E-state index contributed by atoms with van der Waals surface area (Å²) >= 11 is 3.15. The van der Waals surface area contributed by atoms with E-state index in [0.29, 0.717) is 0 Å². The first kappa shape index (κ1) is 9.49. The highest BCUT2D eigenvalue weighted by atomic mass is 79.9. The molecule has 0 bridgehead atoms. The van der Waals surface area contributed by atoms with Gasteiger partial charge >= 0.3 is 0 Å². The monoisotopic (exact) mass is 152 g/mol. The topological polar surface area (TPSA) is 31.5 Å². The van der Waals surface area contributed by atoms with Crippen LogP contribution in [0.4, 0.5) is 0 Å². The number of allylic oxidation sites excluding steroid dienone is 1. The van der Waals surface area contributed by atoms with Crippen molar-refractivity contribution in [2.24, 2.45) is 0 Å². The van der Waals surface area contributed by atoms with Crippen LogP contribution in [0, 0.1) is 0 Å². The third-order valence-corrected chi connectivity index (χ3v) is 1.13. The van der Waals surface area contributed by atoms with Crippen molar-refractivity contribution in [3.63, 3.8) is 0 Å². The second-order valence-electron chi connectivity index (χ2n) is 1.19. The maximum absolute atomic E-state index is 3.15. The lowest BCUT2D eigenvalue weighted by Crippen LogP contribution is -1.48. The van der Waals surface area contributed by atoms with Gasteiger partial charge in [-0.05, 0) is 18.8 Å². The fraction of sp³-hybridized carbons (Fsp3) is 0.500. The summed E-state index contributed by atoms with van der Waals surface area (Å²) in [5.74, 6) is 0. The van der Waals surface area contributed by atoms with Crippen LogP contribution in [0.3, 0.4) is 0 Å². The van der Waals surface area contributed by atoms with Crippen molar-refractivity contribution in [2.75, 3.05) is 0 Å². The molecule has 0 unspecified atom stereocenters. The molecule has 0 aromatic carbocycles. The predicted octanol–water partition coefficient (Wildman–Crippen LogP) is 1.48. The Morgan fingerprint density at radius 2 is 1.67 bits per heavy atom. The van der Waals surface area contributed by atoms with E-state index >= 15 is 0 Å². The molecule has 0 aliphatic carbocycles. The van der Waals surface area contributed by atoms with Crippen molar-refractivity contribution < 1.29 is 5.48 Å². The van der Waals surface area contributed by atoms with Gasteiger partial charge in [0.15, 0.2) is 0 Å². The van der Waals surface area contributed by atoms with Crippen molar-refractivity contribution in [1.82, 2.24) is 0 Å². The molecular formula is C4H9BrO. The fourth-order valence-corrected chi connectivity index (χ4v) is 0. The Labute approximate surface area is 46.5 Å². The third kappa shape index (κ3) is 8.89. The van der Waals surface area contributed by atoms with Crippen molar-refractivity contribution >= 4 is 15.9 Å². The first-order valence-corrected chi connectivity index (χ1v) is 2.42. The smallest absolute Gasteiger partial charge is 0.0202 e. The van der Waals surface area contributed by atoms with Crippen molar-refractivity contribution in [2.45, 2.75) is 13.8 Å². The van der Waals surface area contributed by atoms with Crippen molar-refractivity contribution in [1.29, 1.82) is 0 Å². The highest BCUT2D eigenvalue weighted by molar-refractivity contribution is 9.11. The van der Waals surface area contributed by atoms with Crippen molar-refractivity contribution in [3.8, 4) is 0 Å². The molecule has 0 rings (SSSR count). The molecule has 0 spiro atoms. The summed E-state index contributed by atoms with van der Waals surface area (Å²) in [4.78, 5) is 1.90. The Kier molecular flexibility index (Phi) is 8.19. The van der Waals surface area contributed by atoms with Gasteiger partial charge in [0.25, 0.3) is 0 Å². The largest absolute Gasteiger partial charge is 0.412 e. The van der Waals surface area contributed by atoms with Crippen molar-refractivity contribution in [3.05, 3.63) is 10.6 Å². The Hall–Kier alpha value is 0.180. The quantitative estimate of drug-likeness (QED) is 0.504. The normalized spacial score (nSPS) is 5.83. The highest BCUT2D eigenvalue weighted by Gasteiger charge is 1.62.